The van der Waals surface area contributed by atoms with Crippen LogP contribution in [0.4, 0.5) is 0 Å². The van der Waals surface area contributed by atoms with Crippen molar-refractivity contribution in [1.29, 1.82) is 0 Å². The Balaban J connectivity index is 2.96. The number of amides is 1. The molecule has 0 atom stereocenters. The smallest absolute Gasteiger partial charge is 0.216 e. The van der Waals surface area contributed by atoms with Gasteiger partial charge in [0.15, 0.2) is 0 Å². The largest absolute Gasteiger partial charge is 0.356 e. The zero-order valence-corrected chi connectivity index (χ0v) is 7.84. The number of unbranched alkanes of at least 4 members (excludes halogenated alkanes) is 2. The lowest BCUT2D eigenvalue weighted by atomic mass is 10.2. The number of carbonyl (C=O) groups is 1. The van der Waals surface area contributed by atoms with E-state index in [4.69, 9.17) is 5.21 Å². The molecule has 0 unspecified atom stereocenters. The third kappa shape index (κ3) is 9.39. The molecule has 0 saturated carbocycles. The van der Waals surface area contributed by atoms with Gasteiger partial charge in [0.1, 0.15) is 0 Å². The second-order valence-electron chi connectivity index (χ2n) is 2.92. The van der Waals surface area contributed by atoms with Gasteiger partial charge in [-0.15, -0.1) is 0 Å². The van der Waals surface area contributed by atoms with Gasteiger partial charge < -0.3 is 10.5 Å². The molecule has 0 fully saturated rings. The molecule has 4 nitrogen and oxygen atoms in total. The van der Waals surface area contributed by atoms with Gasteiger partial charge in [0.05, 0.1) is 0 Å². The molecule has 0 aromatic heterocycles. The van der Waals surface area contributed by atoms with Crippen LogP contribution in [0.2, 0.25) is 0 Å². The first kappa shape index (κ1) is 11.4. The van der Waals surface area contributed by atoms with Gasteiger partial charge in [0.2, 0.25) is 5.91 Å². The summed E-state index contributed by atoms with van der Waals surface area (Å²) in [6, 6.07) is 0. The van der Waals surface area contributed by atoms with E-state index in [1.807, 2.05) is 0 Å². The summed E-state index contributed by atoms with van der Waals surface area (Å²) in [6.07, 6.45) is 2.98. The maximum atomic E-state index is 10.4. The van der Waals surface area contributed by atoms with Crippen LogP contribution >= 0.6 is 0 Å². The van der Waals surface area contributed by atoms with Gasteiger partial charge in [-0.05, 0) is 12.8 Å². The lowest BCUT2D eigenvalue weighted by Gasteiger charge is -2.06. The molecule has 0 aliphatic carbocycles. The molecule has 0 aliphatic rings. The molecule has 0 heterocycles. The standard InChI is InChI=1S/C8H18N2O2/c1-8(11)9-6-4-3-5-7-10(2)12/h12H,3-7H2,1-2H3,(H,9,11). The number of rotatable bonds is 6. The Kier molecular flexibility index (Phi) is 6.70. The summed E-state index contributed by atoms with van der Waals surface area (Å²) >= 11 is 0. The maximum absolute atomic E-state index is 10.4. The van der Waals surface area contributed by atoms with Crippen LogP contribution in [0.1, 0.15) is 26.2 Å². The van der Waals surface area contributed by atoms with E-state index >= 15 is 0 Å². The zero-order chi connectivity index (χ0) is 9.40. The summed E-state index contributed by atoms with van der Waals surface area (Å²) in [7, 11) is 1.63. The van der Waals surface area contributed by atoms with E-state index in [0.29, 0.717) is 6.54 Å². The van der Waals surface area contributed by atoms with Gasteiger partial charge in [0, 0.05) is 27.1 Å². The average Bonchev–Trinajstić information content (AvgIpc) is 1.95. The van der Waals surface area contributed by atoms with Crippen LogP contribution in [-0.4, -0.2) is 36.3 Å². The van der Waals surface area contributed by atoms with Crippen molar-refractivity contribution in [3.05, 3.63) is 0 Å². The van der Waals surface area contributed by atoms with Crippen molar-refractivity contribution in [2.45, 2.75) is 26.2 Å². The van der Waals surface area contributed by atoms with Gasteiger partial charge in [-0.1, -0.05) is 6.42 Å². The van der Waals surface area contributed by atoms with Crippen LogP contribution in [0.15, 0.2) is 0 Å². The van der Waals surface area contributed by atoms with Gasteiger partial charge in [-0.2, -0.15) is 5.06 Å². The minimum atomic E-state index is 0.0225. The minimum absolute atomic E-state index is 0.0225. The molecule has 0 spiro atoms. The first-order valence-electron chi connectivity index (χ1n) is 4.27. The quantitative estimate of drug-likeness (QED) is 0.458. The predicted molar refractivity (Wildman–Crippen MR) is 47.0 cm³/mol. The Labute approximate surface area is 73.5 Å². The summed E-state index contributed by atoms with van der Waals surface area (Å²) in [5, 5.41) is 12.7. The van der Waals surface area contributed by atoms with Crippen LogP contribution in [0.3, 0.4) is 0 Å². The highest BCUT2D eigenvalue weighted by atomic mass is 16.5. The van der Waals surface area contributed by atoms with Crippen molar-refractivity contribution >= 4 is 5.91 Å². The monoisotopic (exact) mass is 174 g/mol. The van der Waals surface area contributed by atoms with Gasteiger partial charge in [-0.25, -0.2) is 0 Å². The SMILES string of the molecule is CC(=O)NCCCCCN(C)O. The molecular weight excluding hydrogens is 156 g/mol. The first-order chi connectivity index (χ1) is 5.63. The summed E-state index contributed by atoms with van der Waals surface area (Å²) in [5.74, 6) is 0.0225. The Morgan fingerprint density at radius 1 is 1.42 bits per heavy atom. The topological polar surface area (TPSA) is 52.6 Å². The number of carbonyl (C=O) groups excluding carboxylic acids is 1. The normalized spacial score (nSPS) is 10.3. The van der Waals surface area contributed by atoms with E-state index in [-0.39, 0.29) is 5.91 Å². The van der Waals surface area contributed by atoms with Crippen LogP contribution in [0.25, 0.3) is 0 Å². The van der Waals surface area contributed by atoms with Crippen molar-refractivity contribution < 1.29 is 10.0 Å². The molecule has 0 aromatic rings. The van der Waals surface area contributed by atoms with Gasteiger partial charge in [0.25, 0.3) is 0 Å². The van der Waals surface area contributed by atoms with Crippen LogP contribution < -0.4 is 5.32 Å². The molecule has 0 aromatic carbocycles. The highest BCUT2D eigenvalue weighted by Crippen LogP contribution is 1.94. The van der Waals surface area contributed by atoms with Crippen LogP contribution in [0.5, 0.6) is 0 Å². The fraction of sp³-hybridized carbons (Fsp3) is 0.875. The molecule has 12 heavy (non-hydrogen) atoms. The van der Waals surface area contributed by atoms with Gasteiger partial charge in [-0.3, -0.25) is 4.79 Å². The molecule has 4 heteroatoms. The van der Waals surface area contributed by atoms with E-state index in [2.05, 4.69) is 5.32 Å². The van der Waals surface area contributed by atoms with Crippen LogP contribution in [0, 0.1) is 0 Å². The number of nitrogens with zero attached hydrogens (tertiary/aromatic N) is 1. The number of hydrogen-bond donors (Lipinski definition) is 2. The summed E-state index contributed by atoms with van der Waals surface area (Å²) in [6.45, 7) is 2.95. The van der Waals surface area contributed by atoms with E-state index in [1.54, 1.807) is 7.05 Å². The van der Waals surface area contributed by atoms with Crippen molar-refractivity contribution in [3.8, 4) is 0 Å². The molecule has 1 amide bonds. The molecule has 0 radical (unpaired) electrons. The Morgan fingerprint density at radius 3 is 2.58 bits per heavy atom. The minimum Gasteiger partial charge on any atom is -0.356 e. The fourth-order valence-corrected chi connectivity index (χ4v) is 0.907. The molecule has 2 N–H and O–H groups in total. The van der Waals surface area contributed by atoms with Crippen molar-refractivity contribution in [1.82, 2.24) is 10.4 Å². The van der Waals surface area contributed by atoms with E-state index in [0.717, 1.165) is 25.8 Å². The second-order valence-corrected chi connectivity index (χ2v) is 2.92. The van der Waals surface area contributed by atoms with Crippen LogP contribution in [-0.2, 0) is 4.79 Å². The molecular formula is C8H18N2O2. The second kappa shape index (κ2) is 7.06. The predicted octanol–water partition coefficient (Wildman–Crippen LogP) is 0.614. The highest BCUT2D eigenvalue weighted by molar-refractivity contribution is 5.72. The lowest BCUT2D eigenvalue weighted by Crippen LogP contribution is -2.21. The summed E-state index contributed by atoms with van der Waals surface area (Å²) in [4.78, 5) is 10.4. The molecule has 72 valence electrons. The Morgan fingerprint density at radius 2 is 2.08 bits per heavy atom. The third-order valence-electron chi connectivity index (χ3n) is 1.53. The van der Waals surface area contributed by atoms with Crippen molar-refractivity contribution in [3.63, 3.8) is 0 Å². The summed E-state index contributed by atoms with van der Waals surface area (Å²) < 4.78 is 0. The average molecular weight is 174 g/mol. The molecule has 0 saturated heterocycles. The first-order valence-corrected chi connectivity index (χ1v) is 4.27. The van der Waals surface area contributed by atoms with Crippen molar-refractivity contribution in [2.24, 2.45) is 0 Å². The summed E-state index contributed by atoms with van der Waals surface area (Å²) in [5.41, 5.74) is 0. The number of hydroxylamine groups is 2. The fourth-order valence-electron chi connectivity index (χ4n) is 0.907. The van der Waals surface area contributed by atoms with Crippen molar-refractivity contribution in [2.75, 3.05) is 20.1 Å². The third-order valence-corrected chi connectivity index (χ3v) is 1.53. The number of hydrogen-bond acceptors (Lipinski definition) is 3. The number of nitrogens with one attached hydrogen (secondary N) is 1. The van der Waals surface area contributed by atoms with E-state index in [1.165, 1.54) is 12.0 Å². The molecule has 0 bridgehead atoms. The Bertz CT molecular complexity index is 126. The maximum Gasteiger partial charge on any atom is 0.216 e. The Hall–Kier alpha value is -0.610. The molecule has 0 rings (SSSR count). The highest BCUT2D eigenvalue weighted by Gasteiger charge is 1.93. The lowest BCUT2D eigenvalue weighted by molar-refractivity contribution is -0.118. The van der Waals surface area contributed by atoms with Gasteiger partial charge >= 0.3 is 0 Å². The van der Waals surface area contributed by atoms with E-state index < -0.39 is 0 Å². The molecule has 0 aliphatic heterocycles. The van der Waals surface area contributed by atoms with E-state index in [9.17, 15) is 4.79 Å². The zero-order valence-electron chi connectivity index (χ0n) is 7.84.